The third kappa shape index (κ3) is 3.35. The van der Waals surface area contributed by atoms with Crippen LogP contribution >= 0.6 is 0 Å². The van der Waals surface area contributed by atoms with E-state index in [2.05, 4.69) is 20.3 Å². The van der Waals surface area contributed by atoms with Gasteiger partial charge in [-0.25, -0.2) is 19.2 Å². The van der Waals surface area contributed by atoms with Gasteiger partial charge in [-0.3, -0.25) is 4.90 Å². The maximum Gasteiger partial charge on any atom is 0.410 e. The number of carbonyl (C=O) groups is 1. The quantitative estimate of drug-likeness (QED) is 0.655. The van der Waals surface area contributed by atoms with Gasteiger partial charge in [0.25, 0.3) is 0 Å². The molecule has 1 saturated heterocycles. The minimum absolute atomic E-state index is 0.0136. The molecule has 3 aromatic rings. The van der Waals surface area contributed by atoms with Gasteiger partial charge in [0.2, 0.25) is 0 Å². The van der Waals surface area contributed by atoms with Crippen LogP contribution in [0, 0.1) is 5.82 Å². The van der Waals surface area contributed by atoms with Gasteiger partial charge in [-0.15, -0.1) is 0 Å². The number of hydrogen-bond acceptors (Lipinski definition) is 5. The summed E-state index contributed by atoms with van der Waals surface area (Å²) in [6, 6.07) is 6.69. The maximum absolute atomic E-state index is 14.6. The number of ether oxygens (including phenoxy) is 1. The maximum atomic E-state index is 14.6. The number of benzene rings is 1. The molecule has 1 spiro atoms. The van der Waals surface area contributed by atoms with E-state index in [1.165, 1.54) is 12.4 Å². The van der Waals surface area contributed by atoms with E-state index < -0.39 is 11.1 Å². The molecule has 2 N–H and O–H groups in total. The van der Waals surface area contributed by atoms with Crippen LogP contribution < -0.4 is 5.32 Å². The number of H-pyrrole nitrogens is 1. The summed E-state index contributed by atoms with van der Waals surface area (Å²) in [6.45, 7) is 7.59. The zero-order valence-electron chi connectivity index (χ0n) is 17.9. The molecule has 2 aromatic heterocycles. The Morgan fingerprint density at radius 3 is 2.84 bits per heavy atom. The van der Waals surface area contributed by atoms with Gasteiger partial charge < -0.3 is 15.0 Å². The second kappa shape index (κ2) is 7.02. The molecule has 0 radical (unpaired) electrons. The van der Waals surface area contributed by atoms with E-state index >= 15 is 0 Å². The molecule has 3 heterocycles. The molecule has 2 unspecified atom stereocenters. The van der Waals surface area contributed by atoms with Crippen LogP contribution in [0.2, 0.25) is 0 Å². The topological polar surface area (TPSA) is 83.1 Å². The van der Waals surface area contributed by atoms with E-state index in [-0.39, 0.29) is 17.8 Å². The highest BCUT2D eigenvalue weighted by atomic mass is 19.1. The van der Waals surface area contributed by atoms with Crippen molar-refractivity contribution < 1.29 is 13.9 Å². The van der Waals surface area contributed by atoms with Gasteiger partial charge in [0.05, 0.1) is 11.2 Å². The lowest BCUT2D eigenvalue weighted by Gasteiger charge is -2.38. The number of nitrogens with one attached hydrogen (secondary N) is 2. The van der Waals surface area contributed by atoms with Crippen LogP contribution in [0.15, 0.2) is 36.8 Å². The fourth-order valence-corrected chi connectivity index (χ4v) is 4.69. The Morgan fingerprint density at radius 1 is 1.26 bits per heavy atom. The van der Waals surface area contributed by atoms with Crippen LogP contribution in [0.4, 0.5) is 9.18 Å². The summed E-state index contributed by atoms with van der Waals surface area (Å²) in [5, 5.41) is 4.23. The van der Waals surface area contributed by atoms with Crippen LogP contribution in [-0.2, 0) is 4.74 Å². The predicted molar refractivity (Wildman–Crippen MR) is 115 cm³/mol. The molecule has 5 rings (SSSR count). The monoisotopic (exact) mass is 423 g/mol. The molecule has 2 fully saturated rings. The molecule has 2 aliphatic rings. The zero-order valence-corrected chi connectivity index (χ0v) is 17.9. The first-order chi connectivity index (χ1) is 14.8. The Labute approximate surface area is 180 Å². The predicted octanol–water partition coefficient (Wildman–Crippen LogP) is 3.83. The summed E-state index contributed by atoms with van der Waals surface area (Å²) >= 11 is 0. The van der Waals surface area contributed by atoms with Crippen molar-refractivity contribution in [1.82, 2.24) is 25.2 Å². The third-order valence-electron chi connectivity index (χ3n) is 6.13. The second-order valence-electron chi connectivity index (χ2n) is 9.33. The van der Waals surface area contributed by atoms with Crippen LogP contribution in [-0.4, -0.2) is 56.7 Å². The Bertz CT molecular complexity index is 1150. The fourth-order valence-electron chi connectivity index (χ4n) is 4.69. The zero-order chi connectivity index (χ0) is 21.8. The largest absolute Gasteiger partial charge is 0.444 e. The first-order valence-corrected chi connectivity index (χ1v) is 10.6. The lowest BCUT2D eigenvalue weighted by Crippen LogP contribution is -2.57. The normalized spacial score (nSPS) is 23.4. The summed E-state index contributed by atoms with van der Waals surface area (Å²) in [6.07, 6.45) is 3.78. The van der Waals surface area contributed by atoms with Crippen molar-refractivity contribution >= 4 is 17.1 Å². The van der Waals surface area contributed by atoms with Crippen molar-refractivity contribution in [1.29, 1.82) is 0 Å². The molecule has 1 aromatic carbocycles. The third-order valence-corrected chi connectivity index (χ3v) is 6.13. The molecule has 1 aliphatic carbocycles. The molecule has 7 nitrogen and oxygen atoms in total. The lowest BCUT2D eigenvalue weighted by atomic mass is 10.00. The number of aromatic nitrogens is 3. The Hall–Kier alpha value is -3.00. The number of hydrogen-bond donors (Lipinski definition) is 2. The fraction of sp³-hybridized carbons (Fsp3) is 0.435. The Morgan fingerprint density at radius 2 is 2.06 bits per heavy atom. The first kappa shape index (κ1) is 19.9. The van der Waals surface area contributed by atoms with E-state index in [0.29, 0.717) is 24.3 Å². The highest BCUT2D eigenvalue weighted by Crippen LogP contribution is 2.57. The average molecular weight is 423 g/mol. The molecule has 162 valence electrons. The van der Waals surface area contributed by atoms with Gasteiger partial charge in [0.1, 0.15) is 23.4 Å². The number of nitrogens with zero attached hydrogens (tertiary/aromatic N) is 3. The number of aromatic amines is 1. The molecule has 1 saturated carbocycles. The van der Waals surface area contributed by atoms with E-state index in [1.807, 2.05) is 31.7 Å². The average Bonchev–Trinajstić information content (AvgIpc) is 3.24. The van der Waals surface area contributed by atoms with Gasteiger partial charge in [-0.05, 0) is 33.3 Å². The number of rotatable bonds is 2. The van der Waals surface area contributed by atoms with E-state index in [1.54, 1.807) is 18.3 Å². The van der Waals surface area contributed by atoms with Crippen LogP contribution in [0.25, 0.3) is 22.2 Å². The molecular formula is C23H26FN5O2. The molecule has 8 heteroatoms. The Kier molecular flexibility index (Phi) is 4.51. The van der Waals surface area contributed by atoms with Crippen LogP contribution in [0.1, 0.15) is 38.8 Å². The molecule has 0 bridgehead atoms. The first-order valence-electron chi connectivity index (χ1n) is 10.6. The smallest absolute Gasteiger partial charge is 0.410 e. The van der Waals surface area contributed by atoms with Crippen molar-refractivity contribution in [2.45, 2.75) is 44.2 Å². The summed E-state index contributed by atoms with van der Waals surface area (Å²) < 4.78 is 20.3. The van der Waals surface area contributed by atoms with Gasteiger partial charge in [-0.1, -0.05) is 18.2 Å². The van der Waals surface area contributed by atoms with Gasteiger partial charge >= 0.3 is 6.09 Å². The number of carbonyl (C=O) groups excluding carboxylic acids is 1. The van der Waals surface area contributed by atoms with Crippen molar-refractivity contribution in [3.05, 3.63) is 48.3 Å². The number of halogens is 1. The standard InChI is InChI=1S/C23H26FN5O2/c1-22(2,3)31-21(30)29-9-8-25-12-23(29)10-16(23)19-18-15(11-26-20(18)28-13-27-19)14-6-4-5-7-17(14)24/h4-7,11,13,16,25H,8-10,12H2,1-3H3,(H,26,27,28). The van der Waals surface area contributed by atoms with Crippen molar-refractivity contribution in [2.24, 2.45) is 0 Å². The molecular weight excluding hydrogens is 397 g/mol. The highest BCUT2D eigenvalue weighted by molar-refractivity contribution is 5.96. The van der Waals surface area contributed by atoms with Crippen molar-refractivity contribution in [3.63, 3.8) is 0 Å². The van der Waals surface area contributed by atoms with E-state index in [9.17, 15) is 9.18 Å². The second-order valence-corrected chi connectivity index (χ2v) is 9.33. The summed E-state index contributed by atoms with van der Waals surface area (Å²) in [5.74, 6) is -0.280. The van der Waals surface area contributed by atoms with E-state index in [0.717, 1.165) is 29.6 Å². The highest BCUT2D eigenvalue weighted by Gasteiger charge is 2.63. The molecule has 31 heavy (non-hydrogen) atoms. The molecule has 2 atom stereocenters. The SMILES string of the molecule is CC(C)(C)OC(=O)N1CCNCC12CC2c1ncnc2[nH]cc(-c3ccccc3F)c12. The molecule has 1 aliphatic heterocycles. The molecule has 1 amide bonds. The number of amides is 1. The number of piperazine rings is 1. The summed E-state index contributed by atoms with van der Waals surface area (Å²) in [7, 11) is 0. The summed E-state index contributed by atoms with van der Waals surface area (Å²) in [5.41, 5.74) is 1.78. The van der Waals surface area contributed by atoms with Gasteiger partial charge in [0, 0.05) is 48.3 Å². The van der Waals surface area contributed by atoms with Crippen LogP contribution in [0.5, 0.6) is 0 Å². The minimum atomic E-state index is -0.561. The van der Waals surface area contributed by atoms with E-state index in [4.69, 9.17) is 4.74 Å². The van der Waals surface area contributed by atoms with Gasteiger partial charge in [0.15, 0.2) is 0 Å². The van der Waals surface area contributed by atoms with Crippen molar-refractivity contribution in [3.8, 4) is 11.1 Å². The Balaban J connectivity index is 1.56. The lowest BCUT2D eigenvalue weighted by molar-refractivity contribution is 0.00747. The minimum Gasteiger partial charge on any atom is -0.444 e. The van der Waals surface area contributed by atoms with Crippen molar-refractivity contribution in [2.75, 3.05) is 19.6 Å². The number of fused-ring (bicyclic) bond motifs is 1. The summed E-state index contributed by atoms with van der Waals surface area (Å²) in [4.78, 5) is 27.0. The van der Waals surface area contributed by atoms with Crippen LogP contribution in [0.3, 0.4) is 0 Å². The van der Waals surface area contributed by atoms with Gasteiger partial charge in [-0.2, -0.15) is 0 Å².